The van der Waals surface area contributed by atoms with Gasteiger partial charge < -0.3 is 4.42 Å². The second-order valence-corrected chi connectivity index (χ2v) is 5.94. The molecule has 0 radical (unpaired) electrons. The van der Waals surface area contributed by atoms with Crippen LogP contribution >= 0.6 is 0 Å². The zero-order chi connectivity index (χ0) is 19.6. The molecule has 0 aliphatic rings. The van der Waals surface area contributed by atoms with Crippen LogP contribution in [-0.4, -0.2) is 20.5 Å². The van der Waals surface area contributed by atoms with Gasteiger partial charge in [0.1, 0.15) is 28.7 Å². The van der Waals surface area contributed by atoms with Crippen LogP contribution < -0.4 is 0 Å². The molecule has 2 aromatic heterocycles. The quantitative estimate of drug-likeness (QED) is 0.282. The maximum atomic E-state index is 12.9. The summed E-state index contributed by atoms with van der Waals surface area (Å²) in [5, 5.41) is 15.2. The molecule has 0 aliphatic heterocycles. The minimum atomic E-state index is -0.453. The Bertz CT molecular complexity index is 1030. The minimum Gasteiger partial charge on any atom is -0.460 e. The lowest BCUT2D eigenvalue weighted by atomic mass is 10.1. The molecule has 2 heterocycles. The summed E-state index contributed by atoms with van der Waals surface area (Å²) in [5.41, 5.74) is 1.15. The molecule has 0 unspecified atom stereocenters. The van der Waals surface area contributed by atoms with E-state index in [4.69, 9.17) is 4.42 Å². The number of halogens is 1. The first-order valence-electron chi connectivity index (χ1n) is 8.10. The number of rotatable bonds is 6. The molecule has 0 saturated carbocycles. The van der Waals surface area contributed by atoms with Crippen LogP contribution in [0.5, 0.6) is 0 Å². The van der Waals surface area contributed by atoms with Crippen molar-refractivity contribution in [2.75, 3.05) is 0 Å². The number of hydrogen-bond donors (Lipinski definition) is 0. The largest absolute Gasteiger partial charge is 0.460 e. The highest BCUT2D eigenvalue weighted by Crippen LogP contribution is 2.23. The molecule has 0 fully saturated rings. The third-order valence-corrected chi connectivity index (χ3v) is 4.04. The van der Waals surface area contributed by atoms with Crippen molar-refractivity contribution in [3.63, 3.8) is 0 Å². The molecule has 0 atom stereocenters. The van der Waals surface area contributed by atoms with Gasteiger partial charge in [-0.15, -0.1) is 0 Å². The molecule has 138 valence electrons. The second-order valence-electron chi connectivity index (χ2n) is 5.94. The molecule has 0 spiro atoms. The van der Waals surface area contributed by atoms with Crippen LogP contribution in [-0.2, 0) is 6.54 Å². The number of carbonyl (C=O) groups excluding carboxylic acids is 1. The number of hydrogen-bond acceptors (Lipinski definition) is 5. The summed E-state index contributed by atoms with van der Waals surface area (Å²) in [6.45, 7) is 3.45. The zero-order valence-electron chi connectivity index (χ0n) is 14.7. The molecule has 7 nitrogen and oxygen atoms in total. The molecular weight excluding hydrogens is 353 g/mol. The van der Waals surface area contributed by atoms with E-state index in [0.29, 0.717) is 28.5 Å². The third-order valence-electron chi connectivity index (χ3n) is 4.04. The van der Waals surface area contributed by atoms with E-state index in [-0.39, 0.29) is 18.0 Å². The number of ketones is 1. The lowest BCUT2D eigenvalue weighted by molar-refractivity contribution is -0.386. The normalized spacial score (nSPS) is 11.2. The van der Waals surface area contributed by atoms with E-state index in [0.717, 1.165) is 0 Å². The molecule has 0 bridgehead atoms. The van der Waals surface area contributed by atoms with Gasteiger partial charge in [0.05, 0.1) is 11.5 Å². The Morgan fingerprint density at radius 3 is 2.59 bits per heavy atom. The van der Waals surface area contributed by atoms with E-state index < -0.39 is 10.7 Å². The van der Waals surface area contributed by atoms with Crippen molar-refractivity contribution in [2.45, 2.75) is 20.4 Å². The van der Waals surface area contributed by atoms with Crippen molar-refractivity contribution >= 4 is 17.5 Å². The first-order valence-corrected chi connectivity index (χ1v) is 8.10. The molecule has 0 N–H and O–H groups in total. The van der Waals surface area contributed by atoms with Crippen molar-refractivity contribution in [3.05, 3.63) is 86.9 Å². The summed E-state index contributed by atoms with van der Waals surface area (Å²) in [7, 11) is 0. The maximum Gasteiger partial charge on any atom is 0.312 e. The van der Waals surface area contributed by atoms with Crippen molar-refractivity contribution in [1.29, 1.82) is 0 Å². The number of carbonyl (C=O) groups is 1. The van der Waals surface area contributed by atoms with Gasteiger partial charge in [-0.2, -0.15) is 5.10 Å². The highest BCUT2D eigenvalue weighted by atomic mass is 19.1. The topological polar surface area (TPSA) is 91.2 Å². The molecule has 0 aliphatic carbocycles. The van der Waals surface area contributed by atoms with Gasteiger partial charge in [0.25, 0.3) is 0 Å². The molecule has 0 amide bonds. The van der Waals surface area contributed by atoms with Crippen LogP contribution in [0.3, 0.4) is 0 Å². The Morgan fingerprint density at radius 1 is 1.26 bits per heavy atom. The summed E-state index contributed by atoms with van der Waals surface area (Å²) in [5.74, 6) is 0.318. The number of aryl methyl sites for hydroxylation is 1. The van der Waals surface area contributed by atoms with Gasteiger partial charge >= 0.3 is 5.69 Å². The summed E-state index contributed by atoms with van der Waals surface area (Å²) in [6, 6.07) is 8.66. The summed E-state index contributed by atoms with van der Waals surface area (Å²) in [6.07, 6.45) is 2.85. The van der Waals surface area contributed by atoms with Crippen molar-refractivity contribution in [2.24, 2.45) is 0 Å². The number of nitrogens with zero attached hydrogens (tertiary/aromatic N) is 3. The van der Waals surface area contributed by atoms with Gasteiger partial charge in [-0.1, -0.05) is 0 Å². The van der Waals surface area contributed by atoms with Crippen LogP contribution in [0, 0.1) is 29.8 Å². The predicted molar refractivity (Wildman–Crippen MR) is 95.9 cm³/mol. The monoisotopic (exact) mass is 369 g/mol. The van der Waals surface area contributed by atoms with E-state index >= 15 is 0 Å². The fraction of sp³-hybridized carbons (Fsp3) is 0.158. The Hall–Kier alpha value is -3.55. The predicted octanol–water partition coefficient (Wildman–Crippen LogP) is 4.08. The molecular formula is C19H16FN3O4. The van der Waals surface area contributed by atoms with Crippen LogP contribution in [0.2, 0.25) is 0 Å². The summed E-state index contributed by atoms with van der Waals surface area (Å²) >= 11 is 0. The van der Waals surface area contributed by atoms with Crippen LogP contribution in [0.15, 0.2) is 46.9 Å². The maximum absolute atomic E-state index is 12.9. The lowest BCUT2D eigenvalue weighted by Gasteiger charge is -2.00. The first kappa shape index (κ1) is 18.2. The fourth-order valence-corrected chi connectivity index (χ4v) is 2.69. The zero-order valence-corrected chi connectivity index (χ0v) is 14.7. The standard InChI is InChI=1S/C19H16FN3O4/c1-12-19(23(25)26)13(2)22(21-12)11-17-8-7-16(27-17)9-10-18(24)14-3-5-15(20)6-4-14/h3-10H,11H2,1-2H3/b10-9+. The first-order chi connectivity index (χ1) is 12.8. The van der Waals surface area contributed by atoms with E-state index in [1.807, 2.05) is 0 Å². The highest BCUT2D eigenvalue weighted by Gasteiger charge is 2.22. The molecule has 3 rings (SSSR count). The SMILES string of the molecule is Cc1nn(Cc2ccc(/C=C/C(=O)c3ccc(F)cc3)o2)c(C)c1[N+](=O)[O-]. The summed E-state index contributed by atoms with van der Waals surface area (Å²) < 4.78 is 20.0. The van der Waals surface area contributed by atoms with Gasteiger partial charge in [-0.3, -0.25) is 19.6 Å². The van der Waals surface area contributed by atoms with Crippen molar-refractivity contribution < 1.29 is 18.5 Å². The van der Waals surface area contributed by atoms with Crippen molar-refractivity contribution in [1.82, 2.24) is 9.78 Å². The third kappa shape index (κ3) is 4.00. The smallest absolute Gasteiger partial charge is 0.312 e. The van der Waals surface area contributed by atoms with Crippen LogP contribution in [0.4, 0.5) is 10.1 Å². The van der Waals surface area contributed by atoms with Gasteiger partial charge in [-0.25, -0.2) is 4.39 Å². The van der Waals surface area contributed by atoms with E-state index in [2.05, 4.69) is 5.10 Å². The van der Waals surface area contributed by atoms with E-state index in [1.54, 1.807) is 26.0 Å². The van der Waals surface area contributed by atoms with E-state index in [1.165, 1.54) is 41.1 Å². The average Bonchev–Trinajstić information content (AvgIpc) is 3.17. The Morgan fingerprint density at radius 2 is 1.96 bits per heavy atom. The van der Waals surface area contributed by atoms with Gasteiger partial charge in [0.15, 0.2) is 5.78 Å². The van der Waals surface area contributed by atoms with Gasteiger partial charge in [-0.05, 0) is 62.4 Å². The second kappa shape index (κ2) is 7.36. The van der Waals surface area contributed by atoms with Crippen LogP contribution in [0.1, 0.15) is 33.3 Å². The van der Waals surface area contributed by atoms with Gasteiger partial charge in [0, 0.05) is 5.56 Å². The molecule has 8 heteroatoms. The molecule has 27 heavy (non-hydrogen) atoms. The Kier molecular flexibility index (Phi) is 4.98. The number of benzene rings is 1. The minimum absolute atomic E-state index is 0.00781. The van der Waals surface area contributed by atoms with Crippen molar-refractivity contribution in [3.8, 4) is 0 Å². The molecule has 3 aromatic rings. The van der Waals surface area contributed by atoms with E-state index in [9.17, 15) is 19.3 Å². The van der Waals surface area contributed by atoms with Crippen LogP contribution in [0.25, 0.3) is 6.08 Å². The number of allylic oxidation sites excluding steroid dienone is 1. The highest BCUT2D eigenvalue weighted by molar-refractivity contribution is 6.06. The number of aromatic nitrogens is 2. The number of furan rings is 1. The Labute approximate surface area is 153 Å². The van der Waals surface area contributed by atoms with Gasteiger partial charge in [0.2, 0.25) is 0 Å². The summed E-state index contributed by atoms with van der Waals surface area (Å²) in [4.78, 5) is 22.7. The Balaban J connectivity index is 1.72. The molecule has 1 aromatic carbocycles. The molecule has 0 saturated heterocycles. The average molecular weight is 369 g/mol. The fourth-order valence-electron chi connectivity index (χ4n) is 2.69. The lowest BCUT2D eigenvalue weighted by Crippen LogP contribution is -2.03. The number of nitro groups is 1.